The molecule has 176 valence electrons. The van der Waals surface area contributed by atoms with Gasteiger partial charge in [-0.05, 0) is 49.2 Å². The van der Waals surface area contributed by atoms with E-state index in [2.05, 4.69) is 20.5 Å². The fraction of sp³-hybridized carbons (Fsp3) is 0.185. The Hall–Kier alpha value is -4.46. The summed E-state index contributed by atoms with van der Waals surface area (Å²) in [5.41, 5.74) is 3.87. The molecule has 0 atom stereocenters. The van der Waals surface area contributed by atoms with E-state index in [1.807, 2.05) is 73.7 Å². The fourth-order valence-corrected chi connectivity index (χ4v) is 3.81. The first kappa shape index (κ1) is 22.3. The molecule has 0 aliphatic heterocycles. The van der Waals surface area contributed by atoms with Gasteiger partial charge < -0.3 is 19.2 Å². The number of hydrogen-bond acceptors (Lipinski definition) is 8. The number of benzene rings is 3. The minimum absolute atomic E-state index is 0.270. The first-order chi connectivity index (χ1) is 17.1. The van der Waals surface area contributed by atoms with Crippen molar-refractivity contribution in [2.75, 3.05) is 26.1 Å². The van der Waals surface area contributed by atoms with Gasteiger partial charge in [-0.3, -0.25) is 0 Å². The van der Waals surface area contributed by atoms with E-state index >= 15 is 0 Å². The molecule has 0 spiro atoms. The minimum Gasteiger partial charge on any atom is -0.497 e. The molecular weight excluding hydrogens is 442 g/mol. The van der Waals surface area contributed by atoms with Crippen LogP contribution in [0.15, 0.2) is 71.1 Å². The van der Waals surface area contributed by atoms with Crippen LogP contribution < -0.4 is 14.8 Å². The minimum atomic E-state index is 0.270. The molecule has 2 aromatic heterocycles. The second-order valence-electron chi connectivity index (χ2n) is 8.05. The normalized spacial score (nSPS) is 10.9. The number of aromatic nitrogens is 4. The predicted molar refractivity (Wildman–Crippen MR) is 135 cm³/mol. The zero-order valence-corrected chi connectivity index (χ0v) is 19.8. The lowest BCUT2D eigenvalue weighted by Crippen LogP contribution is -2.09. The summed E-state index contributed by atoms with van der Waals surface area (Å²) in [4.78, 5) is 9.38. The molecule has 0 unspecified atom stereocenters. The first-order valence-electron chi connectivity index (χ1n) is 11.3. The van der Waals surface area contributed by atoms with Crippen molar-refractivity contribution in [1.29, 1.82) is 0 Å². The highest BCUT2D eigenvalue weighted by molar-refractivity contribution is 5.90. The van der Waals surface area contributed by atoms with Crippen LogP contribution in [0, 0.1) is 6.92 Å². The van der Waals surface area contributed by atoms with Gasteiger partial charge in [-0.2, -0.15) is 0 Å². The van der Waals surface area contributed by atoms with Gasteiger partial charge in [0, 0.05) is 23.6 Å². The summed E-state index contributed by atoms with van der Waals surface area (Å²) in [5, 5.41) is 12.8. The van der Waals surface area contributed by atoms with Crippen LogP contribution in [0.1, 0.15) is 11.1 Å². The standard InChI is InChI=1S/C27H25N5O3/c1-17-8-10-19(11-9-17)26-31-32-27(35-26)25-29-22-7-5-4-6-21(22)24(30-25)28-15-14-18-12-13-20(33-2)16-23(18)34-3/h4-13,16H,14-15H2,1-3H3,(H,28,29,30). The van der Waals surface area contributed by atoms with Crippen molar-refractivity contribution >= 4 is 16.7 Å². The number of methoxy groups -OCH3 is 2. The summed E-state index contributed by atoms with van der Waals surface area (Å²) in [5.74, 6) is 3.32. The second kappa shape index (κ2) is 9.80. The molecule has 35 heavy (non-hydrogen) atoms. The van der Waals surface area contributed by atoms with Crippen molar-refractivity contribution in [2.45, 2.75) is 13.3 Å². The highest BCUT2D eigenvalue weighted by Crippen LogP contribution is 2.28. The van der Waals surface area contributed by atoms with Gasteiger partial charge in [-0.25, -0.2) is 9.97 Å². The number of fused-ring (bicyclic) bond motifs is 1. The number of nitrogens with zero attached hydrogens (tertiary/aromatic N) is 4. The zero-order chi connectivity index (χ0) is 24.2. The molecule has 0 bridgehead atoms. The molecule has 8 nitrogen and oxygen atoms in total. The third-order valence-electron chi connectivity index (χ3n) is 5.70. The lowest BCUT2D eigenvalue weighted by molar-refractivity contribution is 0.391. The largest absolute Gasteiger partial charge is 0.497 e. The zero-order valence-electron chi connectivity index (χ0n) is 19.8. The number of hydrogen-bond donors (Lipinski definition) is 1. The van der Waals surface area contributed by atoms with Gasteiger partial charge in [-0.15, -0.1) is 10.2 Å². The van der Waals surface area contributed by atoms with E-state index in [9.17, 15) is 0 Å². The van der Waals surface area contributed by atoms with E-state index in [4.69, 9.17) is 18.9 Å². The van der Waals surface area contributed by atoms with Gasteiger partial charge in [0.1, 0.15) is 17.3 Å². The highest BCUT2D eigenvalue weighted by Gasteiger charge is 2.16. The number of rotatable bonds is 8. The molecular formula is C27H25N5O3. The lowest BCUT2D eigenvalue weighted by Gasteiger charge is -2.12. The lowest BCUT2D eigenvalue weighted by atomic mass is 10.1. The van der Waals surface area contributed by atoms with Crippen LogP contribution in [0.3, 0.4) is 0 Å². The van der Waals surface area contributed by atoms with Gasteiger partial charge in [-0.1, -0.05) is 35.9 Å². The Balaban J connectivity index is 1.41. The molecule has 0 saturated carbocycles. The van der Waals surface area contributed by atoms with Crippen LogP contribution in [0.5, 0.6) is 11.5 Å². The van der Waals surface area contributed by atoms with Crippen molar-refractivity contribution < 1.29 is 13.9 Å². The Morgan fingerprint density at radius 1 is 0.857 bits per heavy atom. The van der Waals surface area contributed by atoms with Gasteiger partial charge in [0.25, 0.3) is 5.89 Å². The molecule has 1 N–H and O–H groups in total. The van der Waals surface area contributed by atoms with Crippen LogP contribution in [-0.4, -0.2) is 40.9 Å². The molecule has 0 radical (unpaired) electrons. The Bertz CT molecular complexity index is 1460. The van der Waals surface area contributed by atoms with E-state index < -0.39 is 0 Å². The summed E-state index contributed by atoms with van der Waals surface area (Å²) in [6.45, 7) is 2.67. The maximum atomic E-state index is 5.92. The van der Waals surface area contributed by atoms with Crippen LogP contribution in [0.25, 0.3) is 34.1 Å². The summed E-state index contributed by atoms with van der Waals surface area (Å²) in [7, 11) is 3.30. The van der Waals surface area contributed by atoms with Crippen LogP contribution in [-0.2, 0) is 6.42 Å². The quantitative estimate of drug-likeness (QED) is 0.327. The van der Waals surface area contributed by atoms with Crippen molar-refractivity contribution in [2.24, 2.45) is 0 Å². The SMILES string of the molecule is COc1ccc(CCNc2nc(-c3nnc(-c4ccc(C)cc4)o3)nc3ccccc23)c(OC)c1. The Labute approximate surface area is 203 Å². The Morgan fingerprint density at radius 2 is 1.66 bits per heavy atom. The van der Waals surface area contributed by atoms with Crippen LogP contribution in [0.2, 0.25) is 0 Å². The molecule has 0 amide bonds. The Kier molecular flexibility index (Phi) is 6.26. The molecule has 8 heteroatoms. The van der Waals surface area contributed by atoms with Gasteiger partial charge >= 0.3 is 0 Å². The average molecular weight is 468 g/mol. The van der Waals surface area contributed by atoms with Crippen molar-refractivity contribution in [3.8, 4) is 34.7 Å². The molecule has 5 rings (SSSR count). The predicted octanol–water partition coefficient (Wildman–Crippen LogP) is 5.33. The number of aryl methyl sites for hydroxylation is 1. The Morgan fingerprint density at radius 3 is 2.46 bits per heavy atom. The van der Waals surface area contributed by atoms with E-state index in [0.29, 0.717) is 24.1 Å². The van der Waals surface area contributed by atoms with Crippen molar-refractivity contribution in [1.82, 2.24) is 20.2 Å². The maximum Gasteiger partial charge on any atom is 0.286 e. The maximum absolute atomic E-state index is 5.92. The van der Waals surface area contributed by atoms with Gasteiger partial charge in [0.15, 0.2) is 0 Å². The van der Waals surface area contributed by atoms with Crippen LogP contribution >= 0.6 is 0 Å². The van der Waals surface area contributed by atoms with Gasteiger partial charge in [0.2, 0.25) is 11.7 Å². The molecule has 0 saturated heterocycles. The van der Waals surface area contributed by atoms with Crippen molar-refractivity contribution in [3.05, 3.63) is 77.9 Å². The van der Waals surface area contributed by atoms with E-state index in [1.54, 1.807) is 14.2 Å². The third kappa shape index (κ3) is 4.77. The van der Waals surface area contributed by atoms with E-state index in [-0.39, 0.29) is 5.89 Å². The topological polar surface area (TPSA) is 95.2 Å². The third-order valence-corrected chi connectivity index (χ3v) is 5.70. The molecule has 3 aromatic carbocycles. The molecule has 0 fully saturated rings. The number of ether oxygens (including phenoxy) is 2. The summed E-state index contributed by atoms with van der Waals surface area (Å²) in [6.07, 6.45) is 0.735. The van der Waals surface area contributed by atoms with Crippen LogP contribution in [0.4, 0.5) is 5.82 Å². The summed E-state index contributed by atoms with van der Waals surface area (Å²) in [6, 6.07) is 21.6. The fourth-order valence-electron chi connectivity index (χ4n) is 3.81. The number of anilines is 1. The monoisotopic (exact) mass is 467 g/mol. The average Bonchev–Trinajstić information content (AvgIpc) is 3.39. The smallest absolute Gasteiger partial charge is 0.286 e. The summed E-state index contributed by atoms with van der Waals surface area (Å²) >= 11 is 0. The summed E-state index contributed by atoms with van der Waals surface area (Å²) < 4.78 is 16.7. The van der Waals surface area contributed by atoms with E-state index in [1.165, 1.54) is 0 Å². The number of para-hydroxylation sites is 1. The number of nitrogens with one attached hydrogen (secondary N) is 1. The molecule has 0 aliphatic rings. The van der Waals surface area contributed by atoms with Crippen molar-refractivity contribution in [3.63, 3.8) is 0 Å². The molecule has 5 aromatic rings. The first-order valence-corrected chi connectivity index (χ1v) is 11.3. The van der Waals surface area contributed by atoms with E-state index in [0.717, 1.165) is 45.5 Å². The second-order valence-corrected chi connectivity index (χ2v) is 8.05. The molecule has 2 heterocycles. The molecule has 0 aliphatic carbocycles. The highest BCUT2D eigenvalue weighted by atomic mass is 16.5. The van der Waals surface area contributed by atoms with Gasteiger partial charge in [0.05, 0.1) is 19.7 Å².